The number of esters is 1. The molecular formula is C19H17N3O3S. The predicted octanol–water partition coefficient (Wildman–Crippen LogP) is 3.06. The van der Waals surface area contributed by atoms with Crippen LogP contribution in [0.25, 0.3) is 10.2 Å². The van der Waals surface area contributed by atoms with Crippen molar-refractivity contribution in [2.75, 3.05) is 5.73 Å². The van der Waals surface area contributed by atoms with Gasteiger partial charge in [0.15, 0.2) is 5.13 Å². The molecule has 1 saturated carbocycles. The van der Waals surface area contributed by atoms with Crippen LogP contribution in [-0.4, -0.2) is 22.9 Å². The number of nitrogens with two attached hydrogens (primary N) is 1. The minimum atomic E-state index is -0.980. The lowest BCUT2D eigenvalue weighted by atomic mass is 10.1. The van der Waals surface area contributed by atoms with Gasteiger partial charge in [0, 0.05) is 11.6 Å². The lowest BCUT2D eigenvalue weighted by molar-refractivity contribution is -0.130. The molecule has 4 rings (SSSR count). The van der Waals surface area contributed by atoms with Crippen molar-refractivity contribution in [2.24, 2.45) is 0 Å². The van der Waals surface area contributed by atoms with Crippen LogP contribution >= 0.6 is 11.3 Å². The number of benzene rings is 2. The second-order valence-electron chi connectivity index (χ2n) is 6.21. The van der Waals surface area contributed by atoms with Gasteiger partial charge in [0.25, 0.3) is 5.91 Å². The molecule has 1 heterocycles. The Hall–Kier alpha value is -2.93. The highest BCUT2D eigenvalue weighted by Crippen LogP contribution is 2.27. The Labute approximate surface area is 154 Å². The van der Waals surface area contributed by atoms with Gasteiger partial charge < -0.3 is 15.8 Å². The van der Waals surface area contributed by atoms with E-state index in [0.29, 0.717) is 16.3 Å². The van der Waals surface area contributed by atoms with Crippen molar-refractivity contribution in [3.05, 3.63) is 59.7 Å². The molecule has 1 aromatic heterocycles. The third-order valence-corrected chi connectivity index (χ3v) is 4.98. The number of ether oxygens (including phenoxy) is 1. The van der Waals surface area contributed by atoms with E-state index in [0.717, 1.165) is 23.1 Å². The number of fused-ring (bicyclic) bond motifs is 1. The Balaban J connectivity index is 1.58. The molecule has 0 unspecified atom stereocenters. The van der Waals surface area contributed by atoms with Crippen molar-refractivity contribution in [1.82, 2.24) is 10.3 Å². The lowest BCUT2D eigenvalue weighted by Gasteiger charge is -2.18. The molecule has 26 heavy (non-hydrogen) atoms. The number of rotatable bonds is 5. The van der Waals surface area contributed by atoms with Crippen LogP contribution < -0.4 is 11.1 Å². The van der Waals surface area contributed by atoms with E-state index in [1.165, 1.54) is 11.3 Å². The normalized spacial score (nSPS) is 14.8. The van der Waals surface area contributed by atoms with E-state index < -0.39 is 12.1 Å². The third-order valence-electron chi connectivity index (χ3n) is 4.13. The Bertz CT molecular complexity index is 967. The molecule has 1 fully saturated rings. The molecule has 1 amide bonds. The largest absolute Gasteiger partial charge is 0.444 e. The number of aromatic nitrogens is 1. The number of nitrogens with zero attached hydrogens (tertiary/aromatic N) is 1. The van der Waals surface area contributed by atoms with Crippen LogP contribution in [0.1, 0.15) is 34.9 Å². The summed E-state index contributed by atoms with van der Waals surface area (Å²) >= 11 is 1.30. The van der Waals surface area contributed by atoms with E-state index >= 15 is 0 Å². The van der Waals surface area contributed by atoms with Crippen molar-refractivity contribution in [3.63, 3.8) is 0 Å². The van der Waals surface area contributed by atoms with Gasteiger partial charge in [-0.05, 0) is 31.0 Å². The minimum absolute atomic E-state index is 0.184. The van der Waals surface area contributed by atoms with Gasteiger partial charge in [0.2, 0.25) is 6.10 Å². The van der Waals surface area contributed by atoms with Gasteiger partial charge in [0.1, 0.15) is 0 Å². The molecular weight excluding hydrogens is 350 g/mol. The molecule has 1 aliphatic rings. The first-order valence-corrected chi connectivity index (χ1v) is 9.14. The highest BCUT2D eigenvalue weighted by atomic mass is 32.1. The van der Waals surface area contributed by atoms with Crippen LogP contribution in [0.2, 0.25) is 0 Å². The average Bonchev–Trinajstić information content (AvgIpc) is 3.37. The van der Waals surface area contributed by atoms with E-state index in [1.54, 1.807) is 30.3 Å². The molecule has 7 heteroatoms. The van der Waals surface area contributed by atoms with E-state index in [-0.39, 0.29) is 11.9 Å². The third kappa shape index (κ3) is 3.52. The van der Waals surface area contributed by atoms with E-state index in [9.17, 15) is 9.59 Å². The van der Waals surface area contributed by atoms with Crippen molar-refractivity contribution >= 4 is 38.6 Å². The molecule has 1 atom stereocenters. The Morgan fingerprint density at radius 2 is 1.96 bits per heavy atom. The molecule has 6 nitrogen and oxygen atoms in total. The maximum atomic E-state index is 12.6. The fraction of sp³-hybridized carbons (Fsp3) is 0.211. The molecule has 3 aromatic rings. The quantitative estimate of drug-likeness (QED) is 0.676. The molecule has 0 saturated heterocycles. The van der Waals surface area contributed by atoms with Crippen molar-refractivity contribution in [1.29, 1.82) is 0 Å². The number of carbonyl (C=O) groups excluding carboxylic acids is 2. The Kier molecular flexibility index (Phi) is 4.30. The van der Waals surface area contributed by atoms with Gasteiger partial charge in [-0.2, -0.15) is 0 Å². The van der Waals surface area contributed by atoms with Gasteiger partial charge >= 0.3 is 5.97 Å². The summed E-state index contributed by atoms with van der Waals surface area (Å²) in [6.45, 7) is 0. The van der Waals surface area contributed by atoms with Crippen LogP contribution in [0, 0.1) is 0 Å². The summed E-state index contributed by atoms with van der Waals surface area (Å²) in [7, 11) is 0. The first-order valence-electron chi connectivity index (χ1n) is 8.32. The number of hydrogen-bond donors (Lipinski definition) is 2. The monoisotopic (exact) mass is 367 g/mol. The summed E-state index contributed by atoms with van der Waals surface area (Å²) in [5.41, 5.74) is 7.44. The second kappa shape index (κ2) is 6.76. The highest BCUT2D eigenvalue weighted by Gasteiger charge is 2.31. The van der Waals surface area contributed by atoms with Gasteiger partial charge in [-0.1, -0.05) is 41.7 Å². The zero-order valence-corrected chi connectivity index (χ0v) is 14.7. The van der Waals surface area contributed by atoms with Crippen molar-refractivity contribution < 1.29 is 14.3 Å². The zero-order valence-electron chi connectivity index (χ0n) is 13.8. The molecule has 0 aliphatic heterocycles. The first kappa shape index (κ1) is 16.5. The van der Waals surface area contributed by atoms with E-state index in [1.807, 2.05) is 18.2 Å². The number of anilines is 1. The van der Waals surface area contributed by atoms with Crippen LogP contribution in [0.5, 0.6) is 0 Å². The number of carbonyl (C=O) groups is 2. The average molecular weight is 367 g/mol. The number of thiazole rings is 1. The fourth-order valence-electron chi connectivity index (χ4n) is 2.65. The van der Waals surface area contributed by atoms with Gasteiger partial charge in [-0.25, -0.2) is 9.78 Å². The van der Waals surface area contributed by atoms with Crippen LogP contribution in [0.4, 0.5) is 5.13 Å². The number of amides is 1. The predicted molar refractivity (Wildman–Crippen MR) is 99.8 cm³/mol. The van der Waals surface area contributed by atoms with Crippen LogP contribution in [0.3, 0.4) is 0 Å². The maximum absolute atomic E-state index is 12.6. The number of nitrogen functional groups attached to an aromatic ring is 1. The SMILES string of the molecule is Nc1nc2ccc(C(=O)O[C@@H](C(=O)NC3CC3)c3ccccc3)cc2s1. The standard InChI is InChI=1S/C19H17N3O3S/c20-19-22-14-9-6-12(10-15(14)26-19)18(24)25-16(11-4-2-1-3-5-11)17(23)21-13-7-8-13/h1-6,9-10,13,16H,7-8H2,(H2,20,22)(H,21,23)/t16-/m1/s1. The summed E-state index contributed by atoms with van der Waals surface area (Å²) in [5.74, 6) is -0.853. The lowest BCUT2D eigenvalue weighted by Crippen LogP contribution is -2.33. The fourth-order valence-corrected chi connectivity index (χ4v) is 3.42. The summed E-state index contributed by atoms with van der Waals surface area (Å²) < 4.78 is 6.37. The molecule has 0 spiro atoms. The Morgan fingerprint density at radius 3 is 2.69 bits per heavy atom. The molecule has 0 radical (unpaired) electrons. The minimum Gasteiger partial charge on any atom is -0.444 e. The first-order chi connectivity index (χ1) is 12.6. The van der Waals surface area contributed by atoms with Crippen LogP contribution in [0.15, 0.2) is 48.5 Å². The summed E-state index contributed by atoms with van der Waals surface area (Å²) in [4.78, 5) is 29.4. The van der Waals surface area contributed by atoms with Gasteiger partial charge in [-0.3, -0.25) is 4.79 Å². The zero-order chi connectivity index (χ0) is 18.1. The second-order valence-corrected chi connectivity index (χ2v) is 7.28. The highest BCUT2D eigenvalue weighted by molar-refractivity contribution is 7.22. The van der Waals surface area contributed by atoms with E-state index in [2.05, 4.69) is 10.3 Å². The van der Waals surface area contributed by atoms with Crippen molar-refractivity contribution in [3.8, 4) is 0 Å². The van der Waals surface area contributed by atoms with Crippen LogP contribution in [-0.2, 0) is 9.53 Å². The number of hydrogen-bond acceptors (Lipinski definition) is 6. The summed E-state index contributed by atoms with van der Waals surface area (Å²) in [6.07, 6.45) is 0.946. The van der Waals surface area contributed by atoms with Gasteiger partial charge in [-0.15, -0.1) is 0 Å². The maximum Gasteiger partial charge on any atom is 0.339 e. The molecule has 0 bridgehead atoms. The molecule has 1 aliphatic carbocycles. The van der Waals surface area contributed by atoms with E-state index in [4.69, 9.17) is 10.5 Å². The topological polar surface area (TPSA) is 94.3 Å². The molecule has 3 N–H and O–H groups in total. The van der Waals surface area contributed by atoms with Gasteiger partial charge in [0.05, 0.1) is 15.8 Å². The molecule has 2 aromatic carbocycles. The van der Waals surface area contributed by atoms with Crippen molar-refractivity contribution in [2.45, 2.75) is 25.0 Å². The Morgan fingerprint density at radius 1 is 1.19 bits per heavy atom. The molecule has 132 valence electrons. The number of nitrogens with one attached hydrogen (secondary N) is 1. The smallest absolute Gasteiger partial charge is 0.339 e. The summed E-state index contributed by atoms with van der Waals surface area (Å²) in [6, 6.07) is 14.2. The summed E-state index contributed by atoms with van der Waals surface area (Å²) in [5, 5.41) is 3.34.